The fourth-order valence-electron chi connectivity index (χ4n) is 3.19. The zero-order valence-electron chi connectivity index (χ0n) is 15.6. The lowest BCUT2D eigenvalue weighted by atomic mass is 10.0. The summed E-state index contributed by atoms with van der Waals surface area (Å²) in [4.78, 5) is 50.0. The normalized spacial score (nSPS) is 18.8. The maximum atomic E-state index is 12.9. The summed E-state index contributed by atoms with van der Waals surface area (Å²) < 4.78 is 17.3. The number of piperidine rings is 1. The third kappa shape index (κ3) is 4.93. The third-order valence-corrected chi connectivity index (χ3v) is 4.95. The Morgan fingerprint density at radius 3 is 2.45 bits per heavy atom. The van der Waals surface area contributed by atoms with Crippen molar-refractivity contribution < 1.29 is 33.4 Å². The zero-order chi connectivity index (χ0) is 20.8. The first kappa shape index (κ1) is 21.7. The molecule has 1 fully saturated rings. The number of hydrogen-bond donors (Lipinski definition) is 1. The monoisotopic (exact) mass is 516 g/mol. The number of carbonyl (C=O) groups excluding carboxylic acids is 4. The van der Waals surface area contributed by atoms with E-state index in [2.05, 4.69) is 27.9 Å². The summed E-state index contributed by atoms with van der Waals surface area (Å²) in [5.74, 6) is -1.94. The minimum Gasteiger partial charge on any atom is -0.490 e. The molecule has 0 aliphatic carbocycles. The number of rotatable bonds is 10. The molecule has 0 bridgehead atoms. The molecule has 0 saturated carbocycles. The molecule has 0 spiro atoms. The highest BCUT2D eigenvalue weighted by molar-refractivity contribution is 14.1. The Morgan fingerprint density at radius 2 is 1.72 bits per heavy atom. The maximum absolute atomic E-state index is 12.9. The molecule has 3 rings (SSSR count). The second kappa shape index (κ2) is 10.1. The van der Waals surface area contributed by atoms with Crippen LogP contribution in [-0.4, -0.2) is 72.0 Å². The Labute approximate surface area is 181 Å². The molecule has 1 aromatic rings. The molecule has 2 aliphatic heterocycles. The zero-order valence-corrected chi connectivity index (χ0v) is 17.8. The minimum absolute atomic E-state index is 0.0755. The fourth-order valence-corrected chi connectivity index (χ4v) is 3.50. The van der Waals surface area contributed by atoms with Crippen molar-refractivity contribution in [1.82, 2.24) is 10.2 Å². The number of alkyl halides is 1. The molecule has 1 aromatic carbocycles. The lowest BCUT2D eigenvalue weighted by Gasteiger charge is -2.27. The molecule has 2 aliphatic rings. The van der Waals surface area contributed by atoms with Gasteiger partial charge in [0.25, 0.3) is 11.8 Å². The van der Waals surface area contributed by atoms with Gasteiger partial charge in [0, 0.05) is 10.8 Å². The van der Waals surface area contributed by atoms with Gasteiger partial charge >= 0.3 is 0 Å². The lowest BCUT2D eigenvalue weighted by Crippen LogP contribution is -2.54. The summed E-state index contributed by atoms with van der Waals surface area (Å²) in [5.41, 5.74) is 0.317. The predicted octanol–water partition coefficient (Wildman–Crippen LogP) is 0.935. The van der Waals surface area contributed by atoms with E-state index in [1.165, 1.54) is 6.07 Å². The second-order valence-corrected chi connectivity index (χ2v) is 7.47. The molecule has 4 amide bonds. The molecule has 1 saturated heterocycles. The van der Waals surface area contributed by atoms with E-state index < -0.39 is 29.7 Å². The van der Waals surface area contributed by atoms with Gasteiger partial charge in [0.05, 0.1) is 37.6 Å². The molecular formula is C19H21IN2O7. The Balaban J connectivity index is 1.61. The van der Waals surface area contributed by atoms with E-state index >= 15 is 0 Å². The molecule has 0 aromatic heterocycles. The van der Waals surface area contributed by atoms with Crippen molar-refractivity contribution in [3.63, 3.8) is 0 Å². The van der Waals surface area contributed by atoms with E-state index in [9.17, 15) is 19.2 Å². The second-order valence-electron chi connectivity index (χ2n) is 6.39. The summed E-state index contributed by atoms with van der Waals surface area (Å²) in [5, 5.41) is 2.17. The smallest absolute Gasteiger partial charge is 0.266 e. The molecule has 1 atom stereocenters. The molecule has 1 unspecified atom stereocenters. The maximum Gasteiger partial charge on any atom is 0.266 e. The SMILES string of the molecule is O=C1CCC(N2C(=O)c3cccc(OCCOCCOCCI)c3C2=O)C(=O)N1. The number of hydrogen-bond acceptors (Lipinski definition) is 7. The third-order valence-electron chi connectivity index (χ3n) is 4.51. The summed E-state index contributed by atoms with van der Waals surface area (Å²) in [7, 11) is 0. The van der Waals surface area contributed by atoms with Crippen LogP contribution in [0.5, 0.6) is 5.75 Å². The van der Waals surface area contributed by atoms with Gasteiger partial charge in [-0.25, -0.2) is 0 Å². The van der Waals surface area contributed by atoms with Crippen LogP contribution in [0.1, 0.15) is 33.6 Å². The Hall–Kier alpha value is -2.05. The van der Waals surface area contributed by atoms with E-state index in [0.29, 0.717) is 26.4 Å². The summed E-state index contributed by atoms with van der Waals surface area (Å²) in [6, 6.07) is 3.74. The highest BCUT2D eigenvalue weighted by Crippen LogP contribution is 2.33. The van der Waals surface area contributed by atoms with Crippen molar-refractivity contribution in [1.29, 1.82) is 0 Å². The Kier molecular flexibility index (Phi) is 7.56. The van der Waals surface area contributed by atoms with E-state index in [4.69, 9.17) is 14.2 Å². The highest BCUT2D eigenvalue weighted by atomic mass is 127. The van der Waals surface area contributed by atoms with Crippen LogP contribution >= 0.6 is 22.6 Å². The molecule has 0 radical (unpaired) electrons. The highest BCUT2D eigenvalue weighted by Gasteiger charge is 2.45. The first-order valence-corrected chi connectivity index (χ1v) is 10.8. The predicted molar refractivity (Wildman–Crippen MR) is 109 cm³/mol. The fraction of sp³-hybridized carbons (Fsp3) is 0.474. The first-order valence-electron chi connectivity index (χ1n) is 9.23. The Morgan fingerprint density at radius 1 is 1.00 bits per heavy atom. The molecule has 2 heterocycles. The van der Waals surface area contributed by atoms with Crippen LogP contribution in [0.4, 0.5) is 0 Å². The van der Waals surface area contributed by atoms with Crippen molar-refractivity contribution in [3.05, 3.63) is 29.3 Å². The number of carbonyl (C=O) groups is 4. The van der Waals surface area contributed by atoms with Crippen LogP contribution in [0.15, 0.2) is 18.2 Å². The molecular weight excluding hydrogens is 495 g/mol. The molecule has 29 heavy (non-hydrogen) atoms. The van der Waals surface area contributed by atoms with Crippen molar-refractivity contribution in [2.45, 2.75) is 18.9 Å². The molecule has 1 N–H and O–H groups in total. The molecule has 10 heteroatoms. The van der Waals surface area contributed by atoms with Gasteiger partial charge in [0.1, 0.15) is 18.4 Å². The van der Waals surface area contributed by atoms with Crippen molar-refractivity contribution in [2.24, 2.45) is 0 Å². The van der Waals surface area contributed by atoms with Crippen molar-refractivity contribution in [2.75, 3.05) is 37.5 Å². The molecule has 156 valence electrons. The van der Waals surface area contributed by atoms with Gasteiger partial charge in [-0.05, 0) is 18.6 Å². The van der Waals surface area contributed by atoms with Crippen LogP contribution in [0.3, 0.4) is 0 Å². The number of imide groups is 2. The number of halogens is 1. The average molecular weight is 516 g/mol. The largest absolute Gasteiger partial charge is 0.490 e. The van der Waals surface area contributed by atoms with Gasteiger partial charge in [0.2, 0.25) is 11.8 Å². The van der Waals surface area contributed by atoms with Crippen LogP contribution in [-0.2, 0) is 19.1 Å². The lowest BCUT2D eigenvalue weighted by molar-refractivity contribution is -0.136. The summed E-state index contributed by atoms with van der Waals surface area (Å²) in [6.07, 6.45) is 0.186. The van der Waals surface area contributed by atoms with Crippen molar-refractivity contribution in [3.8, 4) is 5.75 Å². The average Bonchev–Trinajstić information content (AvgIpc) is 2.95. The minimum atomic E-state index is -1.00. The van der Waals surface area contributed by atoms with Gasteiger partial charge in [-0.15, -0.1) is 0 Å². The van der Waals surface area contributed by atoms with Gasteiger partial charge in [-0.3, -0.25) is 29.4 Å². The van der Waals surface area contributed by atoms with Gasteiger partial charge in [-0.1, -0.05) is 28.7 Å². The number of ether oxygens (including phenoxy) is 3. The number of fused-ring (bicyclic) bond motifs is 1. The van der Waals surface area contributed by atoms with E-state index in [1.54, 1.807) is 12.1 Å². The van der Waals surface area contributed by atoms with Gasteiger partial charge in [-0.2, -0.15) is 0 Å². The van der Waals surface area contributed by atoms with Crippen LogP contribution in [0.25, 0.3) is 0 Å². The number of nitrogens with one attached hydrogen (secondary N) is 1. The number of amides is 4. The first-order chi connectivity index (χ1) is 14.0. The number of nitrogens with zero attached hydrogens (tertiary/aromatic N) is 1. The van der Waals surface area contributed by atoms with Crippen LogP contribution in [0, 0.1) is 0 Å². The van der Waals surface area contributed by atoms with Crippen molar-refractivity contribution >= 4 is 46.2 Å². The van der Waals surface area contributed by atoms with Crippen LogP contribution in [0.2, 0.25) is 0 Å². The van der Waals surface area contributed by atoms with Gasteiger partial charge in [0.15, 0.2) is 0 Å². The quantitative estimate of drug-likeness (QED) is 0.213. The molecule has 9 nitrogen and oxygen atoms in total. The standard InChI is InChI=1S/C19H21IN2O7/c20-6-7-27-8-9-28-10-11-29-14-3-1-2-12-16(14)19(26)22(18(12)25)13-4-5-15(23)21-17(13)24/h1-3,13H,4-11H2,(H,21,23,24). The van der Waals surface area contributed by atoms with Gasteiger partial charge < -0.3 is 14.2 Å². The summed E-state index contributed by atoms with van der Waals surface area (Å²) in [6.45, 7) is 2.11. The topological polar surface area (TPSA) is 111 Å². The van der Waals surface area contributed by atoms with E-state index in [0.717, 1.165) is 9.33 Å². The number of benzene rings is 1. The van der Waals surface area contributed by atoms with E-state index in [-0.39, 0.29) is 36.3 Å². The summed E-state index contributed by atoms with van der Waals surface area (Å²) >= 11 is 2.23. The Bertz CT molecular complexity index is 814. The van der Waals surface area contributed by atoms with Crippen LogP contribution < -0.4 is 10.1 Å². The van der Waals surface area contributed by atoms with E-state index in [1.807, 2.05) is 0 Å².